The van der Waals surface area contributed by atoms with Crippen molar-refractivity contribution in [3.8, 4) is 0 Å². The van der Waals surface area contributed by atoms with Crippen molar-refractivity contribution in [3.05, 3.63) is 0 Å². The Kier molecular flexibility index (Phi) is 7.45. The third-order valence-corrected chi connectivity index (χ3v) is 4.18. The first-order valence-electron chi connectivity index (χ1n) is 7.66. The summed E-state index contributed by atoms with van der Waals surface area (Å²) >= 11 is 0. The van der Waals surface area contributed by atoms with E-state index in [1.54, 1.807) is 0 Å². The Hall–Kier alpha value is -0.480. The summed E-state index contributed by atoms with van der Waals surface area (Å²) < 4.78 is 20.1. The van der Waals surface area contributed by atoms with Gasteiger partial charge in [-0.2, -0.15) is 0 Å². The molecule has 12 heteroatoms. The molecule has 0 spiro atoms. The van der Waals surface area contributed by atoms with Gasteiger partial charge in [-0.25, -0.2) is 0 Å². The molecular weight excluding hydrogens is 348 g/mol. The van der Waals surface area contributed by atoms with Gasteiger partial charge >= 0.3 is 0 Å². The highest BCUT2D eigenvalue weighted by Crippen LogP contribution is 2.28. The van der Waals surface area contributed by atoms with Crippen LogP contribution in [0.25, 0.3) is 0 Å². The maximum absolute atomic E-state index is 10.0. The number of hydrogen-bond donors (Lipinski definition) is 8. The van der Waals surface area contributed by atoms with E-state index in [2.05, 4.69) is 4.74 Å². The van der Waals surface area contributed by atoms with Crippen LogP contribution in [0.3, 0.4) is 0 Å². The van der Waals surface area contributed by atoms with Crippen LogP contribution in [0.5, 0.6) is 0 Å². The summed E-state index contributed by atoms with van der Waals surface area (Å²) in [6, 6.07) is 0. The van der Waals surface area contributed by atoms with Gasteiger partial charge in [-0.05, 0) is 0 Å². The highest BCUT2D eigenvalue weighted by molar-refractivity contribution is 4.93. The first-order chi connectivity index (χ1) is 11.8. The summed E-state index contributed by atoms with van der Waals surface area (Å²) in [5.41, 5.74) is 0. The number of aliphatic hydroxyl groups is 8. The lowest BCUT2D eigenvalue weighted by molar-refractivity contribution is -0.362. The van der Waals surface area contributed by atoms with Crippen LogP contribution < -0.4 is 0 Å². The van der Waals surface area contributed by atoms with Crippen molar-refractivity contribution < 1.29 is 59.8 Å². The molecule has 0 aliphatic carbocycles. The molecule has 0 bridgehead atoms. The van der Waals surface area contributed by atoms with Gasteiger partial charge in [-0.3, -0.25) is 0 Å². The smallest absolute Gasteiger partial charge is 0.187 e. The Morgan fingerprint density at radius 2 is 1.36 bits per heavy atom. The number of hydrogen-bond acceptors (Lipinski definition) is 12. The summed E-state index contributed by atoms with van der Waals surface area (Å²) in [5, 5.41) is 77.0. The Bertz CT molecular complexity index is 410. The molecular formula is C13H24O12. The molecule has 2 rings (SSSR count). The minimum Gasteiger partial charge on any atom is -0.394 e. The summed E-state index contributed by atoms with van der Waals surface area (Å²) in [7, 11) is 0. The summed E-state index contributed by atoms with van der Waals surface area (Å²) in [6.45, 7) is -1.65. The van der Waals surface area contributed by atoms with E-state index in [9.17, 15) is 30.6 Å². The predicted molar refractivity (Wildman–Crippen MR) is 74.6 cm³/mol. The van der Waals surface area contributed by atoms with E-state index < -0.39 is 74.8 Å². The quantitative estimate of drug-likeness (QED) is 0.206. The van der Waals surface area contributed by atoms with Crippen LogP contribution in [0.4, 0.5) is 0 Å². The van der Waals surface area contributed by atoms with Crippen LogP contribution in [-0.4, -0.2) is 122 Å². The van der Waals surface area contributed by atoms with E-state index >= 15 is 0 Å². The van der Waals surface area contributed by atoms with Gasteiger partial charge in [0.1, 0.15) is 55.6 Å². The summed E-state index contributed by atoms with van der Waals surface area (Å²) in [6.07, 6.45) is -15.6. The van der Waals surface area contributed by atoms with Crippen molar-refractivity contribution in [2.24, 2.45) is 0 Å². The van der Waals surface area contributed by atoms with E-state index in [1.807, 2.05) is 0 Å². The van der Waals surface area contributed by atoms with Gasteiger partial charge < -0.3 is 59.8 Å². The second-order valence-electron chi connectivity index (χ2n) is 5.84. The molecule has 0 saturated carbocycles. The standard InChI is InChI=1S/C13H24O12/c14-1-4-6(16)9(19)11(12(21)23-4)25-13-10(20)8(18)7(17)5(24-13)2-22-3-15/h4-21H,1-3H2/t4?,5?,6-,7-,8?,9?,10+,11+,12?,13+/m1/s1. The van der Waals surface area contributed by atoms with Crippen molar-refractivity contribution in [2.45, 2.75) is 61.4 Å². The van der Waals surface area contributed by atoms with Gasteiger partial charge in [-0.15, -0.1) is 0 Å². The Balaban J connectivity index is 2.06. The molecule has 25 heavy (non-hydrogen) atoms. The fourth-order valence-corrected chi connectivity index (χ4v) is 2.71. The summed E-state index contributed by atoms with van der Waals surface area (Å²) in [4.78, 5) is 0. The molecule has 0 amide bonds. The third-order valence-electron chi connectivity index (χ3n) is 4.18. The zero-order valence-corrected chi connectivity index (χ0v) is 13.1. The van der Waals surface area contributed by atoms with E-state index in [4.69, 9.17) is 24.4 Å². The van der Waals surface area contributed by atoms with Gasteiger partial charge in [-0.1, -0.05) is 0 Å². The zero-order valence-electron chi connectivity index (χ0n) is 13.1. The molecule has 0 radical (unpaired) electrons. The van der Waals surface area contributed by atoms with E-state index in [0.717, 1.165) is 0 Å². The molecule has 2 heterocycles. The second-order valence-corrected chi connectivity index (χ2v) is 5.84. The molecule has 0 aromatic rings. The Morgan fingerprint density at radius 3 is 1.96 bits per heavy atom. The van der Waals surface area contributed by atoms with Crippen LogP contribution in [0.1, 0.15) is 0 Å². The zero-order chi connectivity index (χ0) is 18.7. The largest absolute Gasteiger partial charge is 0.394 e. The Morgan fingerprint density at radius 1 is 0.720 bits per heavy atom. The van der Waals surface area contributed by atoms with Crippen molar-refractivity contribution in [1.82, 2.24) is 0 Å². The molecule has 2 fully saturated rings. The van der Waals surface area contributed by atoms with Crippen LogP contribution in [0.15, 0.2) is 0 Å². The lowest BCUT2D eigenvalue weighted by atomic mass is 9.97. The number of aliphatic hydroxyl groups excluding tert-OH is 8. The average Bonchev–Trinajstić information content (AvgIpc) is 2.60. The second kappa shape index (κ2) is 8.94. The lowest BCUT2D eigenvalue weighted by Gasteiger charge is -2.45. The van der Waals surface area contributed by atoms with Crippen molar-refractivity contribution in [2.75, 3.05) is 20.0 Å². The van der Waals surface area contributed by atoms with Gasteiger partial charge in [0, 0.05) is 0 Å². The molecule has 0 aromatic heterocycles. The molecule has 8 N–H and O–H groups in total. The number of ether oxygens (including phenoxy) is 4. The van der Waals surface area contributed by atoms with E-state index in [0.29, 0.717) is 0 Å². The maximum Gasteiger partial charge on any atom is 0.187 e. The fourth-order valence-electron chi connectivity index (χ4n) is 2.71. The van der Waals surface area contributed by atoms with Crippen LogP contribution in [0.2, 0.25) is 0 Å². The normalized spacial score (nSPS) is 48.5. The molecule has 148 valence electrons. The van der Waals surface area contributed by atoms with E-state index in [1.165, 1.54) is 0 Å². The average molecular weight is 372 g/mol. The first kappa shape index (κ1) is 20.8. The van der Waals surface area contributed by atoms with Crippen LogP contribution >= 0.6 is 0 Å². The molecule has 5 unspecified atom stereocenters. The molecule has 0 aromatic carbocycles. The molecule has 2 saturated heterocycles. The van der Waals surface area contributed by atoms with Crippen molar-refractivity contribution >= 4 is 0 Å². The predicted octanol–water partition coefficient (Wildman–Crippen LogP) is -5.42. The lowest BCUT2D eigenvalue weighted by Crippen LogP contribution is -2.64. The monoisotopic (exact) mass is 372 g/mol. The molecule has 2 aliphatic heterocycles. The molecule has 2 aliphatic rings. The molecule has 12 nitrogen and oxygen atoms in total. The topological polar surface area (TPSA) is 199 Å². The highest BCUT2D eigenvalue weighted by atomic mass is 16.7. The van der Waals surface area contributed by atoms with Gasteiger partial charge in [0.15, 0.2) is 12.6 Å². The molecule has 10 atom stereocenters. The van der Waals surface area contributed by atoms with E-state index in [-0.39, 0.29) is 6.61 Å². The SMILES string of the molecule is OCOCC1O[C@@H](O[C@@H]2C(O)OC(CO)[C@@H](O)C2O)[C@@H](O)C(O)[C@@H]1O. The van der Waals surface area contributed by atoms with Gasteiger partial charge in [0.2, 0.25) is 0 Å². The Labute approximate surface area is 142 Å². The van der Waals surface area contributed by atoms with Gasteiger partial charge in [0.25, 0.3) is 0 Å². The highest BCUT2D eigenvalue weighted by Gasteiger charge is 2.50. The van der Waals surface area contributed by atoms with Crippen LogP contribution in [-0.2, 0) is 18.9 Å². The summed E-state index contributed by atoms with van der Waals surface area (Å²) in [5.74, 6) is 0. The third kappa shape index (κ3) is 4.44. The minimum atomic E-state index is -1.76. The number of rotatable bonds is 6. The maximum atomic E-state index is 10.0. The van der Waals surface area contributed by atoms with Crippen LogP contribution in [0, 0.1) is 0 Å². The van der Waals surface area contributed by atoms with Gasteiger partial charge in [0.05, 0.1) is 13.2 Å². The van der Waals surface area contributed by atoms with Crippen molar-refractivity contribution in [3.63, 3.8) is 0 Å². The first-order valence-corrected chi connectivity index (χ1v) is 7.66. The van der Waals surface area contributed by atoms with Crippen molar-refractivity contribution in [1.29, 1.82) is 0 Å². The minimum absolute atomic E-state index is 0.331. The fraction of sp³-hybridized carbons (Fsp3) is 1.00.